The number of esters is 2. The summed E-state index contributed by atoms with van der Waals surface area (Å²) in [5.41, 5.74) is 2.36. The van der Waals surface area contributed by atoms with Gasteiger partial charge in [-0.15, -0.1) is 0 Å². The minimum atomic E-state index is -0.367. The lowest BCUT2D eigenvalue weighted by Gasteiger charge is -2.18. The van der Waals surface area contributed by atoms with Crippen LogP contribution in [0.15, 0.2) is 35.5 Å². The molecule has 2 atom stereocenters. The monoisotopic (exact) mass is 306 g/mol. The standard InChI is InChI=1S/C17H22O5/c1-11-15-7-6-13(10-21-12(2)19)4-3-5-14(9-18)8-16(15)22-17(11)20/h4,8,15-16,18H,1,3,5-7,9-10H2,2H3/b13-4+,14-8+/t15-,16+/m0/s1. The fourth-order valence-corrected chi connectivity index (χ4v) is 2.80. The molecule has 0 amide bonds. The van der Waals surface area contributed by atoms with Gasteiger partial charge in [0.25, 0.3) is 0 Å². The molecule has 2 aliphatic rings. The molecular formula is C17H22O5. The average molecular weight is 306 g/mol. The van der Waals surface area contributed by atoms with Crippen LogP contribution in [0.3, 0.4) is 0 Å². The lowest BCUT2D eigenvalue weighted by Crippen LogP contribution is -2.17. The van der Waals surface area contributed by atoms with E-state index < -0.39 is 0 Å². The van der Waals surface area contributed by atoms with E-state index in [1.165, 1.54) is 6.92 Å². The van der Waals surface area contributed by atoms with Crippen molar-refractivity contribution >= 4 is 11.9 Å². The third-order valence-electron chi connectivity index (χ3n) is 4.09. The first-order valence-electron chi connectivity index (χ1n) is 7.52. The van der Waals surface area contributed by atoms with Crippen molar-refractivity contribution in [3.05, 3.63) is 35.5 Å². The van der Waals surface area contributed by atoms with Crippen LogP contribution in [0.4, 0.5) is 0 Å². The van der Waals surface area contributed by atoms with Crippen LogP contribution in [-0.2, 0) is 19.1 Å². The Bertz CT molecular complexity index is 529. The van der Waals surface area contributed by atoms with Gasteiger partial charge in [0, 0.05) is 18.4 Å². The second-order valence-electron chi connectivity index (χ2n) is 5.70. The lowest BCUT2D eigenvalue weighted by atomic mass is 9.88. The third-order valence-corrected chi connectivity index (χ3v) is 4.09. The predicted molar refractivity (Wildman–Crippen MR) is 80.9 cm³/mol. The van der Waals surface area contributed by atoms with Crippen molar-refractivity contribution in [1.29, 1.82) is 0 Å². The Kier molecular flexibility index (Phi) is 5.55. The first kappa shape index (κ1) is 16.5. The normalized spacial score (nSPS) is 30.5. The highest BCUT2D eigenvalue weighted by Gasteiger charge is 2.37. The second-order valence-corrected chi connectivity index (χ2v) is 5.70. The summed E-state index contributed by atoms with van der Waals surface area (Å²) in [7, 11) is 0. The molecule has 0 spiro atoms. The molecule has 120 valence electrons. The molecule has 1 aliphatic carbocycles. The van der Waals surface area contributed by atoms with Crippen molar-refractivity contribution < 1.29 is 24.2 Å². The maximum Gasteiger partial charge on any atom is 0.334 e. The van der Waals surface area contributed by atoms with Gasteiger partial charge >= 0.3 is 11.9 Å². The van der Waals surface area contributed by atoms with E-state index in [0.29, 0.717) is 18.4 Å². The van der Waals surface area contributed by atoms with Gasteiger partial charge in [-0.1, -0.05) is 12.7 Å². The number of rotatable bonds is 3. The predicted octanol–water partition coefficient (Wildman–Crippen LogP) is 2.07. The summed E-state index contributed by atoms with van der Waals surface area (Å²) in [6, 6.07) is 0. The Balaban J connectivity index is 2.16. The Morgan fingerprint density at radius 3 is 2.91 bits per heavy atom. The summed E-state index contributed by atoms with van der Waals surface area (Å²) in [4.78, 5) is 22.7. The number of carbonyl (C=O) groups excluding carboxylic acids is 2. The zero-order valence-electron chi connectivity index (χ0n) is 12.8. The zero-order chi connectivity index (χ0) is 16.1. The van der Waals surface area contributed by atoms with Gasteiger partial charge in [-0.2, -0.15) is 0 Å². The van der Waals surface area contributed by atoms with Crippen LogP contribution in [0.5, 0.6) is 0 Å². The molecule has 0 bridgehead atoms. The van der Waals surface area contributed by atoms with E-state index in [4.69, 9.17) is 9.47 Å². The molecule has 0 aromatic heterocycles. The molecule has 22 heavy (non-hydrogen) atoms. The average Bonchev–Trinajstić information content (AvgIpc) is 2.75. The highest BCUT2D eigenvalue weighted by atomic mass is 16.6. The Hall–Kier alpha value is -1.88. The van der Waals surface area contributed by atoms with Gasteiger partial charge in [0.15, 0.2) is 0 Å². The number of aliphatic hydroxyl groups is 1. The van der Waals surface area contributed by atoms with Crippen molar-refractivity contribution in [1.82, 2.24) is 0 Å². The molecule has 2 rings (SSSR count). The molecule has 0 saturated carbocycles. The number of fused-ring (bicyclic) bond motifs is 1. The van der Waals surface area contributed by atoms with Crippen molar-refractivity contribution in [3.63, 3.8) is 0 Å². The molecule has 5 nitrogen and oxygen atoms in total. The summed E-state index contributed by atoms with van der Waals surface area (Å²) >= 11 is 0. The number of hydrogen-bond acceptors (Lipinski definition) is 5. The highest BCUT2D eigenvalue weighted by Crippen LogP contribution is 2.34. The van der Waals surface area contributed by atoms with Crippen molar-refractivity contribution in [3.8, 4) is 0 Å². The van der Waals surface area contributed by atoms with E-state index >= 15 is 0 Å². The number of aliphatic hydroxyl groups excluding tert-OH is 1. The van der Waals surface area contributed by atoms with Crippen molar-refractivity contribution in [2.75, 3.05) is 13.2 Å². The van der Waals surface area contributed by atoms with Crippen LogP contribution in [0.25, 0.3) is 0 Å². The van der Waals surface area contributed by atoms with Gasteiger partial charge in [-0.05, 0) is 42.9 Å². The quantitative estimate of drug-likeness (QED) is 0.491. The SMILES string of the molecule is C=C1C(=O)O[C@@H]2/C=C(/CO)CC/C=C(/COC(C)=O)CC[C@@H]12. The van der Waals surface area contributed by atoms with Crippen LogP contribution < -0.4 is 0 Å². The second kappa shape index (κ2) is 7.40. The van der Waals surface area contributed by atoms with Crippen LogP contribution >= 0.6 is 0 Å². The Morgan fingerprint density at radius 2 is 2.23 bits per heavy atom. The minimum absolute atomic E-state index is 0.0552. The molecular weight excluding hydrogens is 284 g/mol. The van der Waals surface area contributed by atoms with Crippen LogP contribution in [-0.4, -0.2) is 36.4 Å². The number of hydrogen-bond donors (Lipinski definition) is 1. The van der Waals surface area contributed by atoms with Gasteiger partial charge in [-0.25, -0.2) is 4.79 Å². The molecule has 1 N–H and O–H groups in total. The lowest BCUT2D eigenvalue weighted by molar-refractivity contribution is -0.140. The molecule has 0 radical (unpaired) electrons. The topological polar surface area (TPSA) is 72.8 Å². The smallest absolute Gasteiger partial charge is 0.334 e. The van der Waals surface area contributed by atoms with E-state index in [-0.39, 0.29) is 37.2 Å². The molecule has 1 fully saturated rings. The summed E-state index contributed by atoms with van der Waals surface area (Å²) in [6.07, 6.45) is 6.43. The van der Waals surface area contributed by atoms with Gasteiger partial charge in [0.05, 0.1) is 6.61 Å². The fourth-order valence-electron chi connectivity index (χ4n) is 2.80. The van der Waals surface area contributed by atoms with E-state index in [0.717, 1.165) is 24.0 Å². The Morgan fingerprint density at radius 1 is 1.45 bits per heavy atom. The van der Waals surface area contributed by atoms with Crippen molar-refractivity contribution in [2.45, 2.75) is 38.7 Å². The highest BCUT2D eigenvalue weighted by molar-refractivity contribution is 5.91. The molecule has 1 heterocycles. The van der Waals surface area contributed by atoms with Gasteiger partial charge < -0.3 is 14.6 Å². The maximum absolute atomic E-state index is 11.7. The molecule has 0 aromatic rings. The van der Waals surface area contributed by atoms with Crippen molar-refractivity contribution in [2.24, 2.45) is 5.92 Å². The maximum atomic E-state index is 11.7. The van der Waals surface area contributed by atoms with Gasteiger partial charge in [0.1, 0.15) is 12.7 Å². The van der Waals surface area contributed by atoms with E-state index in [9.17, 15) is 14.7 Å². The van der Waals surface area contributed by atoms with Crippen LogP contribution in [0.1, 0.15) is 32.6 Å². The zero-order valence-corrected chi connectivity index (χ0v) is 12.8. The fraction of sp³-hybridized carbons (Fsp3) is 0.529. The number of carbonyl (C=O) groups is 2. The van der Waals surface area contributed by atoms with Gasteiger partial charge in [-0.3, -0.25) is 4.79 Å². The third kappa shape index (κ3) is 4.07. The first-order chi connectivity index (χ1) is 10.5. The van der Waals surface area contributed by atoms with E-state index in [1.807, 2.05) is 12.2 Å². The largest absolute Gasteiger partial charge is 0.461 e. The molecule has 1 saturated heterocycles. The first-order valence-corrected chi connectivity index (χ1v) is 7.52. The summed E-state index contributed by atoms with van der Waals surface area (Å²) < 4.78 is 10.4. The molecule has 0 aromatic carbocycles. The molecule has 5 heteroatoms. The summed E-state index contributed by atoms with van der Waals surface area (Å²) in [5, 5.41) is 9.44. The molecule has 1 aliphatic heterocycles. The minimum Gasteiger partial charge on any atom is -0.461 e. The van der Waals surface area contributed by atoms with Crippen LogP contribution in [0.2, 0.25) is 0 Å². The number of ether oxygens (including phenoxy) is 2. The summed E-state index contributed by atoms with van der Waals surface area (Å²) in [5.74, 6) is -0.767. The van der Waals surface area contributed by atoms with E-state index in [2.05, 4.69) is 6.58 Å². The van der Waals surface area contributed by atoms with Crippen LogP contribution in [0, 0.1) is 5.92 Å². The Labute approximate surface area is 130 Å². The summed E-state index contributed by atoms with van der Waals surface area (Å²) in [6.45, 7) is 5.42. The number of allylic oxidation sites excluding steroid dienone is 1. The van der Waals surface area contributed by atoms with E-state index in [1.54, 1.807) is 0 Å². The van der Waals surface area contributed by atoms with Gasteiger partial charge in [0.2, 0.25) is 0 Å². The molecule has 0 unspecified atom stereocenters.